The molecule has 1 aromatic carbocycles. The first-order valence-corrected chi connectivity index (χ1v) is 7.79. The van der Waals surface area contributed by atoms with Gasteiger partial charge in [0.1, 0.15) is 0 Å². The Morgan fingerprint density at radius 2 is 2.21 bits per heavy atom. The van der Waals surface area contributed by atoms with Crippen molar-refractivity contribution in [1.29, 1.82) is 0 Å². The molecule has 0 fully saturated rings. The summed E-state index contributed by atoms with van der Waals surface area (Å²) in [5.41, 5.74) is 6.21. The lowest BCUT2D eigenvalue weighted by molar-refractivity contribution is 0.596. The second-order valence-electron chi connectivity index (χ2n) is 3.66. The summed E-state index contributed by atoms with van der Waals surface area (Å²) in [7, 11) is -3.76. The predicted molar refractivity (Wildman–Crippen MR) is 76.4 cm³/mol. The van der Waals surface area contributed by atoms with Crippen LogP contribution in [0.4, 0.5) is 5.69 Å². The van der Waals surface area contributed by atoms with Gasteiger partial charge >= 0.3 is 0 Å². The molecule has 1 aromatic heterocycles. The monoisotopic (exact) mass is 364 g/mol. The van der Waals surface area contributed by atoms with Gasteiger partial charge in [-0.2, -0.15) is 13.5 Å². The molecule has 9 heteroatoms. The number of aromatic nitrogens is 2. The van der Waals surface area contributed by atoms with E-state index in [-0.39, 0.29) is 11.6 Å². The number of nitrogens with one attached hydrogen (secondary N) is 2. The lowest BCUT2D eigenvalue weighted by atomic mass is 10.3. The molecule has 4 N–H and O–H groups in total. The molecule has 0 amide bonds. The van der Waals surface area contributed by atoms with Crippen molar-refractivity contribution in [2.24, 2.45) is 5.73 Å². The number of nitrogens with zero attached hydrogens (tertiary/aromatic N) is 1. The largest absolute Gasteiger partial charge is 0.326 e. The molecular formula is C10H10BrClN4O2S. The Morgan fingerprint density at radius 1 is 1.47 bits per heavy atom. The van der Waals surface area contributed by atoms with Gasteiger partial charge < -0.3 is 5.73 Å². The number of halogens is 2. The third-order valence-corrected chi connectivity index (χ3v) is 4.97. The minimum Gasteiger partial charge on any atom is -0.326 e. The van der Waals surface area contributed by atoms with Gasteiger partial charge in [0.05, 0.1) is 16.9 Å². The Bertz CT molecular complexity index is 701. The molecule has 0 atom stereocenters. The first-order chi connectivity index (χ1) is 8.94. The molecule has 0 unspecified atom stereocenters. The number of H-pyrrole nitrogens is 1. The summed E-state index contributed by atoms with van der Waals surface area (Å²) in [6, 6.07) is 4.74. The van der Waals surface area contributed by atoms with Crippen molar-refractivity contribution in [1.82, 2.24) is 10.2 Å². The average Bonchev–Trinajstić information content (AvgIpc) is 2.82. The SMILES string of the molecule is NCc1cn[nH]c1S(=O)(=O)Nc1ccc(Br)c(Cl)c1. The highest BCUT2D eigenvalue weighted by Gasteiger charge is 2.20. The quantitative estimate of drug-likeness (QED) is 0.772. The minimum atomic E-state index is -3.76. The molecule has 0 bridgehead atoms. The maximum Gasteiger partial charge on any atom is 0.279 e. The van der Waals surface area contributed by atoms with E-state index in [0.29, 0.717) is 20.7 Å². The van der Waals surface area contributed by atoms with Crippen LogP contribution in [0.25, 0.3) is 0 Å². The van der Waals surface area contributed by atoms with Crippen molar-refractivity contribution in [3.63, 3.8) is 0 Å². The van der Waals surface area contributed by atoms with Crippen molar-refractivity contribution in [3.8, 4) is 0 Å². The fraction of sp³-hybridized carbons (Fsp3) is 0.100. The van der Waals surface area contributed by atoms with E-state index in [9.17, 15) is 8.42 Å². The summed E-state index contributed by atoms with van der Waals surface area (Å²) < 4.78 is 27.4. The van der Waals surface area contributed by atoms with E-state index < -0.39 is 10.0 Å². The van der Waals surface area contributed by atoms with Gasteiger partial charge in [-0.15, -0.1) is 0 Å². The zero-order valence-electron chi connectivity index (χ0n) is 9.52. The number of hydrogen-bond acceptors (Lipinski definition) is 4. The topological polar surface area (TPSA) is 101 Å². The van der Waals surface area contributed by atoms with Crippen LogP contribution >= 0.6 is 27.5 Å². The molecule has 102 valence electrons. The van der Waals surface area contributed by atoms with Crippen molar-refractivity contribution >= 4 is 43.2 Å². The van der Waals surface area contributed by atoms with Crippen LogP contribution in [-0.2, 0) is 16.6 Å². The summed E-state index contributed by atoms with van der Waals surface area (Å²) in [6.07, 6.45) is 1.38. The predicted octanol–water partition coefficient (Wildman–Crippen LogP) is 2.09. The number of sulfonamides is 1. The van der Waals surface area contributed by atoms with E-state index in [2.05, 4.69) is 30.8 Å². The highest BCUT2D eigenvalue weighted by atomic mass is 79.9. The molecule has 0 aliphatic rings. The number of anilines is 1. The Kier molecular flexibility index (Phi) is 4.14. The number of nitrogens with two attached hydrogens (primary N) is 1. The van der Waals surface area contributed by atoms with Gasteiger partial charge in [-0.05, 0) is 34.1 Å². The van der Waals surface area contributed by atoms with E-state index in [0.717, 1.165) is 0 Å². The molecule has 0 aliphatic carbocycles. The van der Waals surface area contributed by atoms with Crippen LogP contribution in [0, 0.1) is 0 Å². The molecule has 0 saturated carbocycles. The van der Waals surface area contributed by atoms with E-state index >= 15 is 0 Å². The fourth-order valence-electron chi connectivity index (χ4n) is 1.44. The number of benzene rings is 1. The Balaban J connectivity index is 2.34. The van der Waals surface area contributed by atoms with Crippen LogP contribution in [0.3, 0.4) is 0 Å². The van der Waals surface area contributed by atoms with E-state index in [1.807, 2.05) is 0 Å². The summed E-state index contributed by atoms with van der Waals surface area (Å²) >= 11 is 9.13. The maximum atomic E-state index is 12.1. The number of aromatic amines is 1. The van der Waals surface area contributed by atoms with Gasteiger partial charge in [-0.25, -0.2) is 0 Å². The molecule has 0 radical (unpaired) electrons. The van der Waals surface area contributed by atoms with Crippen LogP contribution in [-0.4, -0.2) is 18.6 Å². The second-order valence-corrected chi connectivity index (χ2v) is 6.54. The molecule has 0 saturated heterocycles. The van der Waals surface area contributed by atoms with E-state index in [4.69, 9.17) is 17.3 Å². The molecule has 19 heavy (non-hydrogen) atoms. The first kappa shape index (κ1) is 14.3. The smallest absolute Gasteiger partial charge is 0.279 e. The van der Waals surface area contributed by atoms with Crippen LogP contribution in [0.5, 0.6) is 0 Å². The summed E-state index contributed by atoms with van der Waals surface area (Å²) in [5, 5.41) is 6.45. The van der Waals surface area contributed by atoms with Crippen LogP contribution in [0.2, 0.25) is 5.02 Å². The summed E-state index contributed by atoms with van der Waals surface area (Å²) in [6.45, 7) is 0.0772. The van der Waals surface area contributed by atoms with Crippen LogP contribution < -0.4 is 10.5 Å². The zero-order chi connectivity index (χ0) is 14.0. The van der Waals surface area contributed by atoms with E-state index in [1.54, 1.807) is 12.1 Å². The first-order valence-electron chi connectivity index (χ1n) is 5.14. The molecule has 1 heterocycles. The number of rotatable bonds is 4. The maximum absolute atomic E-state index is 12.1. The molecule has 6 nitrogen and oxygen atoms in total. The minimum absolute atomic E-state index is 0.0472. The molecule has 2 aromatic rings. The van der Waals surface area contributed by atoms with Crippen LogP contribution in [0.1, 0.15) is 5.56 Å². The summed E-state index contributed by atoms with van der Waals surface area (Å²) in [4.78, 5) is 0. The van der Waals surface area contributed by atoms with Gasteiger partial charge in [0.15, 0.2) is 5.03 Å². The highest BCUT2D eigenvalue weighted by molar-refractivity contribution is 9.10. The average molecular weight is 366 g/mol. The fourth-order valence-corrected chi connectivity index (χ4v) is 3.06. The standard InChI is InChI=1S/C10H10BrClN4O2S/c11-8-2-1-7(3-9(8)12)16-19(17,18)10-6(4-13)5-14-15-10/h1-3,5,16H,4,13H2,(H,14,15). The molecule has 2 rings (SSSR count). The lowest BCUT2D eigenvalue weighted by Gasteiger charge is -2.08. The molecule has 0 aliphatic heterocycles. The van der Waals surface area contributed by atoms with Crippen molar-refractivity contribution < 1.29 is 8.42 Å². The van der Waals surface area contributed by atoms with Crippen LogP contribution in [0.15, 0.2) is 33.9 Å². The molecule has 0 spiro atoms. The Hall–Kier alpha value is -1.09. The lowest BCUT2D eigenvalue weighted by Crippen LogP contribution is -2.16. The van der Waals surface area contributed by atoms with Gasteiger partial charge in [0, 0.05) is 16.6 Å². The van der Waals surface area contributed by atoms with Gasteiger partial charge in [-0.1, -0.05) is 11.6 Å². The Morgan fingerprint density at radius 3 is 2.84 bits per heavy atom. The summed E-state index contributed by atoms with van der Waals surface area (Å²) in [5.74, 6) is 0. The van der Waals surface area contributed by atoms with E-state index in [1.165, 1.54) is 12.3 Å². The van der Waals surface area contributed by atoms with Gasteiger partial charge in [-0.3, -0.25) is 9.82 Å². The molecular weight excluding hydrogens is 356 g/mol. The van der Waals surface area contributed by atoms with Gasteiger partial charge in [0.25, 0.3) is 10.0 Å². The zero-order valence-corrected chi connectivity index (χ0v) is 12.7. The Labute approximate surface area is 123 Å². The number of hydrogen-bond donors (Lipinski definition) is 3. The van der Waals surface area contributed by atoms with Crippen molar-refractivity contribution in [2.75, 3.05) is 4.72 Å². The second kappa shape index (κ2) is 5.49. The third kappa shape index (κ3) is 3.08. The van der Waals surface area contributed by atoms with Crippen molar-refractivity contribution in [3.05, 3.63) is 39.5 Å². The van der Waals surface area contributed by atoms with Gasteiger partial charge in [0.2, 0.25) is 0 Å². The highest BCUT2D eigenvalue weighted by Crippen LogP contribution is 2.27. The third-order valence-electron chi connectivity index (χ3n) is 2.34. The normalized spacial score (nSPS) is 11.5. The van der Waals surface area contributed by atoms with Crippen molar-refractivity contribution in [2.45, 2.75) is 11.6 Å².